The summed E-state index contributed by atoms with van der Waals surface area (Å²) in [6.07, 6.45) is -0.454. The van der Waals surface area contributed by atoms with E-state index in [0.717, 1.165) is 0 Å². The molecule has 30 heavy (non-hydrogen) atoms. The number of rotatable bonds is 11. The number of aliphatic carboxylic acids is 1. The van der Waals surface area contributed by atoms with E-state index in [1.54, 1.807) is 30.3 Å². The molecule has 0 saturated heterocycles. The largest absolute Gasteiger partial charge is 0.480 e. The van der Waals surface area contributed by atoms with Crippen LogP contribution in [0, 0.1) is 0 Å². The molecule has 0 aromatic heterocycles. The predicted octanol–water partition coefficient (Wildman–Crippen LogP) is -1.99. The Hall–Kier alpha value is -3.47. The minimum Gasteiger partial charge on any atom is -0.480 e. The van der Waals surface area contributed by atoms with E-state index in [1.807, 2.05) is 0 Å². The van der Waals surface area contributed by atoms with E-state index in [9.17, 15) is 24.0 Å². The number of nitrogens with two attached hydrogens (primary N) is 2. The second-order valence-corrected chi connectivity index (χ2v) is 6.84. The van der Waals surface area contributed by atoms with E-state index in [4.69, 9.17) is 16.6 Å². The molecule has 164 valence electrons. The molecular weight excluding hydrogens is 394 g/mol. The van der Waals surface area contributed by atoms with Crippen LogP contribution >= 0.6 is 0 Å². The van der Waals surface area contributed by atoms with Crippen molar-refractivity contribution >= 4 is 29.6 Å². The van der Waals surface area contributed by atoms with Crippen LogP contribution in [0.1, 0.15) is 25.8 Å². The van der Waals surface area contributed by atoms with Crippen LogP contribution in [0.15, 0.2) is 30.3 Å². The number of benzene rings is 1. The van der Waals surface area contributed by atoms with Crippen LogP contribution in [-0.2, 0) is 30.4 Å². The Labute approximate surface area is 173 Å². The van der Waals surface area contributed by atoms with Gasteiger partial charge in [-0.15, -0.1) is 0 Å². The van der Waals surface area contributed by atoms with E-state index in [0.29, 0.717) is 5.56 Å². The number of hydrogen-bond donors (Lipinski definition) is 6. The topological polar surface area (TPSA) is 194 Å². The average Bonchev–Trinajstić information content (AvgIpc) is 2.66. The molecule has 1 aromatic carbocycles. The first-order valence-corrected chi connectivity index (χ1v) is 9.23. The SMILES string of the molecule is C[C@H](N)C(=O)N[C@@H](CC(N)=O)C(=O)N[C@@H](Cc1ccccc1)C(=O)N[C@@H](C)C(=O)O. The number of amides is 4. The van der Waals surface area contributed by atoms with Gasteiger partial charge in [-0.25, -0.2) is 0 Å². The molecule has 4 atom stereocenters. The molecule has 1 rings (SSSR count). The van der Waals surface area contributed by atoms with Crippen molar-refractivity contribution in [2.75, 3.05) is 0 Å². The molecule has 0 aliphatic rings. The summed E-state index contributed by atoms with van der Waals surface area (Å²) in [5, 5.41) is 16.1. The van der Waals surface area contributed by atoms with Gasteiger partial charge < -0.3 is 32.5 Å². The van der Waals surface area contributed by atoms with Crippen LogP contribution in [0.25, 0.3) is 0 Å². The summed E-state index contributed by atoms with van der Waals surface area (Å²) >= 11 is 0. The lowest BCUT2D eigenvalue weighted by Crippen LogP contribution is -2.57. The van der Waals surface area contributed by atoms with Crippen molar-refractivity contribution in [1.29, 1.82) is 0 Å². The van der Waals surface area contributed by atoms with Crippen molar-refractivity contribution in [3.63, 3.8) is 0 Å². The fourth-order valence-corrected chi connectivity index (χ4v) is 2.42. The Morgan fingerprint density at radius 3 is 1.93 bits per heavy atom. The monoisotopic (exact) mass is 421 g/mol. The quantitative estimate of drug-likeness (QED) is 0.238. The number of nitrogens with one attached hydrogen (secondary N) is 3. The van der Waals surface area contributed by atoms with Gasteiger partial charge in [-0.1, -0.05) is 30.3 Å². The molecule has 0 heterocycles. The van der Waals surface area contributed by atoms with Crippen molar-refractivity contribution < 1.29 is 29.1 Å². The normalized spacial score (nSPS) is 14.5. The van der Waals surface area contributed by atoms with Crippen molar-refractivity contribution in [2.24, 2.45) is 11.5 Å². The van der Waals surface area contributed by atoms with Gasteiger partial charge in [-0.3, -0.25) is 24.0 Å². The van der Waals surface area contributed by atoms with Crippen LogP contribution in [-0.4, -0.2) is 58.9 Å². The summed E-state index contributed by atoms with van der Waals surface area (Å²) in [6, 6.07) is 4.08. The maximum absolute atomic E-state index is 12.7. The maximum atomic E-state index is 12.7. The van der Waals surface area contributed by atoms with Crippen LogP contribution in [0.5, 0.6) is 0 Å². The summed E-state index contributed by atoms with van der Waals surface area (Å²) in [5.74, 6) is -4.34. The molecular formula is C19H27N5O6. The third-order valence-corrected chi connectivity index (χ3v) is 4.10. The van der Waals surface area contributed by atoms with E-state index in [2.05, 4.69) is 16.0 Å². The molecule has 0 spiro atoms. The van der Waals surface area contributed by atoms with Crippen LogP contribution in [0.2, 0.25) is 0 Å². The fourth-order valence-electron chi connectivity index (χ4n) is 2.42. The van der Waals surface area contributed by atoms with Gasteiger partial charge in [0.05, 0.1) is 12.5 Å². The molecule has 0 radical (unpaired) electrons. The molecule has 0 aliphatic heterocycles. The third kappa shape index (κ3) is 8.27. The highest BCUT2D eigenvalue weighted by Gasteiger charge is 2.29. The van der Waals surface area contributed by atoms with Gasteiger partial charge in [0, 0.05) is 6.42 Å². The lowest BCUT2D eigenvalue weighted by molar-refractivity contribution is -0.142. The Balaban J connectivity index is 3.04. The lowest BCUT2D eigenvalue weighted by atomic mass is 10.0. The molecule has 0 saturated carbocycles. The minimum absolute atomic E-state index is 0.0509. The average molecular weight is 421 g/mol. The van der Waals surface area contributed by atoms with Crippen LogP contribution < -0.4 is 27.4 Å². The zero-order valence-electron chi connectivity index (χ0n) is 16.8. The first-order chi connectivity index (χ1) is 14.0. The summed E-state index contributed by atoms with van der Waals surface area (Å²) in [5.41, 5.74) is 11.3. The van der Waals surface area contributed by atoms with E-state index < -0.39 is 60.2 Å². The number of hydrogen-bond acceptors (Lipinski definition) is 6. The first-order valence-electron chi connectivity index (χ1n) is 9.23. The number of primary amides is 1. The Bertz CT molecular complexity index is 783. The van der Waals surface area contributed by atoms with Crippen LogP contribution in [0.3, 0.4) is 0 Å². The van der Waals surface area contributed by atoms with Crippen molar-refractivity contribution in [3.8, 4) is 0 Å². The second-order valence-electron chi connectivity index (χ2n) is 6.84. The highest BCUT2D eigenvalue weighted by molar-refractivity contribution is 5.96. The molecule has 4 amide bonds. The zero-order chi connectivity index (χ0) is 22.8. The molecule has 0 bridgehead atoms. The fraction of sp³-hybridized carbons (Fsp3) is 0.421. The van der Waals surface area contributed by atoms with Crippen molar-refractivity contribution in [2.45, 2.75) is 50.9 Å². The van der Waals surface area contributed by atoms with Gasteiger partial charge in [-0.05, 0) is 19.4 Å². The standard InChI is InChI=1S/C19H27N5O6/c1-10(20)16(26)23-14(9-15(21)25)18(28)24-13(8-12-6-4-3-5-7-12)17(27)22-11(2)19(29)30/h3-7,10-11,13-14H,8-9,20H2,1-2H3,(H2,21,25)(H,22,27)(H,23,26)(H,24,28)(H,29,30)/t10-,11-,13-,14-/m0/s1. The number of carbonyl (C=O) groups is 5. The third-order valence-electron chi connectivity index (χ3n) is 4.10. The first kappa shape index (κ1) is 24.6. The Morgan fingerprint density at radius 1 is 0.900 bits per heavy atom. The van der Waals surface area contributed by atoms with E-state index in [-0.39, 0.29) is 6.42 Å². The molecule has 11 heteroatoms. The number of carbonyl (C=O) groups excluding carboxylic acids is 4. The smallest absolute Gasteiger partial charge is 0.325 e. The molecule has 0 unspecified atom stereocenters. The highest BCUT2D eigenvalue weighted by atomic mass is 16.4. The van der Waals surface area contributed by atoms with E-state index >= 15 is 0 Å². The predicted molar refractivity (Wildman–Crippen MR) is 107 cm³/mol. The Morgan fingerprint density at radius 2 is 1.43 bits per heavy atom. The number of carboxylic acid groups (broad SMARTS) is 1. The summed E-state index contributed by atoms with van der Waals surface area (Å²) < 4.78 is 0. The molecule has 8 N–H and O–H groups in total. The van der Waals surface area contributed by atoms with Gasteiger partial charge in [0.1, 0.15) is 18.1 Å². The number of carboxylic acids is 1. The lowest BCUT2D eigenvalue weighted by Gasteiger charge is -2.24. The minimum atomic E-state index is -1.34. The molecule has 11 nitrogen and oxygen atoms in total. The highest BCUT2D eigenvalue weighted by Crippen LogP contribution is 2.05. The maximum Gasteiger partial charge on any atom is 0.325 e. The molecule has 1 aromatic rings. The van der Waals surface area contributed by atoms with Gasteiger partial charge in [0.25, 0.3) is 0 Å². The van der Waals surface area contributed by atoms with Crippen molar-refractivity contribution in [1.82, 2.24) is 16.0 Å². The van der Waals surface area contributed by atoms with Gasteiger partial charge in [-0.2, -0.15) is 0 Å². The van der Waals surface area contributed by atoms with Gasteiger partial charge in [0.15, 0.2) is 0 Å². The Kier molecular flexibility index (Phi) is 9.43. The second kappa shape index (κ2) is 11.5. The van der Waals surface area contributed by atoms with Gasteiger partial charge >= 0.3 is 5.97 Å². The van der Waals surface area contributed by atoms with E-state index in [1.165, 1.54) is 13.8 Å². The zero-order valence-corrected chi connectivity index (χ0v) is 16.8. The van der Waals surface area contributed by atoms with Gasteiger partial charge in [0.2, 0.25) is 23.6 Å². The summed E-state index contributed by atoms with van der Waals surface area (Å²) in [4.78, 5) is 59.5. The molecule has 0 aliphatic carbocycles. The summed E-state index contributed by atoms with van der Waals surface area (Å²) in [6.45, 7) is 2.67. The van der Waals surface area contributed by atoms with Crippen molar-refractivity contribution in [3.05, 3.63) is 35.9 Å². The molecule has 0 fully saturated rings. The van der Waals surface area contributed by atoms with Crippen LogP contribution in [0.4, 0.5) is 0 Å². The summed E-state index contributed by atoms with van der Waals surface area (Å²) in [7, 11) is 0.